The van der Waals surface area contributed by atoms with Crippen LogP contribution < -0.4 is 15.5 Å². The predicted octanol–water partition coefficient (Wildman–Crippen LogP) is 4.02. The van der Waals surface area contributed by atoms with Crippen molar-refractivity contribution < 1.29 is 9.59 Å². The summed E-state index contributed by atoms with van der Waals surface area (Å²) in [6.07, 6.45) is 2.72. The molecule has 1 atom stereocenters. The SMILES string of the molecule is Cc1cc2c(cc1C(=O)NC1(c3cccc4ccccc34)CC1)N1C(=O)NCC1C2. The number of aryl methyl sites for hydroxylation is 1. The van der Waals surface area contributed by atoms with Gasteiger partial charge in [-0.25, -0.2) is 4.79 Å². The molecule has 3 aromatic rings. The molecule has 3 amide bonds. The second-order valence-corrected chi connectivity index (χ2v) is 8.77. The number of rotatable bonds is 3. The number of hydrogen-bond donors (Lipinski definition) is 2. The summed E-state index contributed by atoms with van der Waals surface area (Å²) in [6.45, 7) is 2.65. The molecule has 2 heterocycles. The Balaban J connectivity index is 1.35. The molecule has 150 valence electrons. The van der Waals surface area contributed by atoms with Crippen LogP contribution in [0.3, 0.4) is 0 Å². The van der Waals surface area contributed by atoms with Gasteiger partial charge in [0.15, 0.2) is 0 Å². The first-order valence-electron chi connectivity index (χ1n) is 10.6. The summed E-state index contributed by atoms with van der Waals surface area (Å²) in [5.74, 6) is -0.0659. The summed E-state index contributed by atoms with van der Waals surface area (Å²) in [7, 11) is 0. The van der Waals surface area contributed by atoms with Crippen LogP contribution in [0.2, 0.25) is 0 Å². The van der Waals surface area contributed by atoms with Crippen molar-refractivity contribution in [2.75, 3.05) is 11.4 Å². The fraction of sp³-hybridized carbons (Fsp3) is 0.280. The minimum Gasteiger partial charge on any atom is -0.342 e. The zero-order valence-corrected chi connectivity index (χ0v) is 16.9. The average Bonchev–Trinajstić information content (AvgIpc) is 3.30. The summed E-state index contributed by atoms with van der Waals surface area (Å²) in [6, 6.07) is 18.7. The third-order valence-corrected chi connectivity index (χ3v) is 6.87. The molecule has 30 heavy (non-hydrogen) atoms. The second kappa shape index (κ2) is 6.08. The van der Waals surface area contributed by atoms with Gasteiger partial charge < -0.3 is 10.6 Å². The van der Waals surface area contributed by atoms with Crippen LogP contribution in [0.15, 0.2) is 54.6 Å². The van der Waals surface area contributed by atoms with Crippen LogP contribution in [0.5, 0.6) is 0 Å². The quantitative estimate of drug-likeness (QED) is 0.701. The van der Waals surface area contributed by atoms with Gasteiger partial charge >= 0.3 is 6.03 Å². The van der Waals surface area contributed by atoms with Crippen molar-refractivity contribution in [3.05, 3.63) is 76.9 Å². The fourth-order valence-electron chi connectivity index (χ4n) is 5.17. The number of nitrogens with zero attached hydrogens (tertiary/aromatic N) is 1. The molecule has 0 spiro atoms. The highest BCUT2D eigenvalue weighted by molar-refractivity contribution is 6.02. The van der Waals surface area contributed by atoms with Crippen molar-refractivity contribution in [1.82, 2.24) is 10.6 Å². The van der Waals surface area contributed by atoms with E-state index in [2.05, 4.69) is 47.0 Å². The third-order valence-electron chi connectivity index (χ3n) is 6.87. The van der Waals surface area contributed by atoms with Crippen molar-refractivity contribution in [1.29, 1.82) is 0 Å². The highest BCUT2D eigenvalue weighted by Gasteiger charge is 2.47. The first kappa shape index (κ1) is 17.5. The number of fused-ring (bicyclic) bond motifs is 4. The molecule has 5 nitrogen and oxygen atoms in total. The number of anilines is 1. The zero-order chi connectivity index (χ0) is 20.5. The lowest BCUT2D eigenvalue weighted by molar-refractivity contribution is 0.0930. The van der Waals surface area contributed by atoms with Crippen LogP contribution in [0.4, 0.5) is 10.5 Å². The van der Waals surface area contributed by atoms with Gasteiger partial charge in [0, 0.05) is 17.8 Å². The van der Waals surface area contributed by atoms with Gasteiger partial charge in [0.2, 0.25) is 0 Å². The minimum absolute atomic E-state index is 0.0659. The van der Waals surface area contributed by atoms with Crippen molar-refractivity contribution >= 4 is 28.4 Å². The Bertz CT molecular complexity index is 1220. The summed E-state index contributed by atoms with van der Waals surface area (Å²) in [5.41, 5.74) is 4.52. The van der Waals surface area contributed by atoms with E-state index in [1.807, 2.05) is 30.0 Å². The standard InChI is InChI=1S/C25H23N3O2/c1-15-11-17-12-18-14-26-24(30)28(18)22(17)13-20(15)23(29)27-25(9-10-25)21-8-4-6-16-5-2-3-7-19(16)21/h2-8,11,13,18H,9-10,12,14H2,1H3,(H,26,30)(H,27,29). The monoisotopic (exact) mass is 397 g/mol. The van der Waals surface area contributed by atoms with Crippen molar-refractivity contribution in [2.24, 2.45) is 0 Å². The average molecular weight is 397 g/mol. The van der Waals surface area contributed by atoms with Gasteiger partial charge in [0.25, 0.3) is 5.91 Å². The molecule has 1 saturated heterocycles. The summed E-state index contributed by atoms with van der Waals surface area (Å²) < 4.78 is 0. The third kappa shape index (κ3) is 2.48. The fourth-order valence-corrected chi connectivity index (χ4v) is 5.17. The Hall–Kier alpha value is -3.34. The van der Waals surface area contributed by atoms with E-state index in [1.54, 1.807) is 0 Å². The van der Waals surface area contributed by atoms with Crippen LogP contribution in [0.25, 0.3) is 10.8 Å². The highest BCUT2D eigenvalue weighted by Crippen LogP contribution is 2.48. The second-order valence-electron chi connectivity index (χ2n) is 8.77. The first-order valence-corrected chi connectivity index (χ1v) is 10.6. The maximum Gasteiger partial charge on any atom is 0.322 e. The van der Waals surface area contributed by atoms with Gasteiger partial charge in [0.1, 0.15) is 0 Å². The lowest BCUT2D eigenvalue weighted by atomic mass is 9.96. The maximum absolute atomic E-state index is 13.4. The molecule has 2 fully saturated rings. The van der Waals surface area contributed by atoms with Crippen LogP contribution >= 0.6 is 0 Å². The number of carbonyl (C=O) groups excluding carboxylic acids is 2. The van der Waals surface area contributed by atoms with Crippen molar-refractivity contribution in [3.63, 3.8) is 0 Å². The normalized spacial score (nSPS) is 20.6. The molecule has 0 aromatic heterocycles. The molecule has 3 aromatic carbocycles. The van der Waals surface area contributed by atoms with E-state index in [9.17, 15) is 9.59 Å². The Morgan fingerprint density at radius 1 is 1.13 bits per heavy atom. The number of hydrogen-bond acceptors (Lipinski definition) is 2. The van der Waals surface area contributed by atoms with E-state index in [1.165, 1.54) is 16.3 Å². The van der Waals surface area contributed by atoms with Crippen molar-refractivity contribution in [3.8, 4) is 0 Å². The molecular weight excluding hydrogens is 374 g/mol. The molecule has 0 bridgehead atoms. The first-order chi connectivity index (χ1) is 14.6. The number of urea groups is 1. The van der Waals surface area contributed by atoms with Crippen LogP contribution in [0.1, 0.15) is 39.9 Å². The molecule has 1 unspecified atom stereocenters. The number of amides is 3. The molecule has 3 aliphatic rings. The van der Waals surface area contributed by atoms with Crippen molar-refractivity contribution in [2.45, 2.75) is 37.8 Å². The Morgan fingerprint density at radius 2 is 1.93 bits per heavy atom. The zero-order valence-electron chi connectivity index (χ0n) is 16.9. The van der Waals surface area contributed by atoms with E-state index >= 15 is 0 Å². The maximum atomic E-state index is 13.4. The number of nitrogens with one attached hydrogen (secondary N) is 2. The van der Waals surface area contributed by atoms with E-state index in [0.29, 0.717) is 12.1 Å². The minimum atomic E-state index is -0.309. The molecular formula is C25H23N3O2. The number of carbonyl (C=O) groups is 2. The highest BCUT2D eigenvalue weighted by atomic mass is 16.2. The molecule has 2 N–H and O–H groups in total. The Kier molecular flexibility index (Phi) is 3.55. The van der Waals surface area contributed by atoms with Gasteiger partial charge in [-0.1, -0.05) is 48.5 Å². The predicted molar refractivity (Wildman–Crippen MR) is 117 cm³/mol. The van der Waals surface area contributed by atoms with Crippen LogP contribution in [-0.2, 0) is 12.0 Å². The van der Waals surface area contributed by atoms with E-state index in [4.69, 9.17) is 0 Å². The Morgan fingerprint density at radius 3 is 2.77 bits per heavy atom. The van der Waals surface area contributed by atoms with Gasteiger partial charge in [0.05, 0.1) is 11.6 Å². The summed E-state index contributed by atoms with van der Waals surface area (Å²) in [4.78, 5) is 27.4. The van der Waals surface area contributed by atoms with Gasteiger partial charge in [-0.05, 0) is 59.7 Å². The summed E-state index contributed by atoms with van der Waals surface area (Å²) in [5, 5.41) is 8.62. The lowest BCUT2D eigenvalue weighted by Gasteiger charge is -2.22. The van der Waals surface area contributed by atoms with E-state index in [-0.39, 0.29) is 23.5 Å². The number of benzene rings is 3. The van der Waals surface area contributed by atoms with E-state index < -0.39 is 0 Å². The van der Waals surface area contributed by atoms with Gasteiger partial charge in [-0.2, -0.15) is 0 Å². The van der Waals surface area contributed by atoms with Crippen LogP contribution in [-0.4, -0.2) is 24.5 Å². The molecule has 1 saturated carbocycles. The molecule has 6 rings (SSSR count). The van der Waals surface area contributed by atoms with Gasteiger partial charge in [-0.3, -0.25) is 9.69 Å². The Labute approximate surface area is 175 Å². The van der Waals surface area contributed by atoms with E-state index in [0.717, 1.165) is 36.1 Å². The molecule has 1 aliphatic carbocycles. The lowest BCUT2D eigenvalue weighted by Crippen LogP contribution is -2.35. The van der Waals surface area contributed by atoms with Crippen LogP contribution in [0, 0.1) is 6.92 Å². The topological polar surface area (TPSA) is 61.4 Å². The van der Waals surface area contributed by atoms with Gasteiger partial charge in [-0.15, -0.1) is 0 Å². The molecule has 5 heteroatoms. The molecule has 0 radical (unpaired) electrons. The smallest absolute Gasteiger partial charge is 0.322 e. The largest absolute Gasteiger partial charge is 0.342 e. The summed E-state index contributed by atoms with van der Waals surface area (Å²) >= 11 is 0. The molecule has 2 aliphatic heterocycles.